The number of carbonyl (C=O) groups excluding carboxylic acids is 1. The van der Waals surface area contributed by atoms with Gasteiger partial charge < -0.3 is 10.1 Å². The van der Waals surface area contributed by atoms with Gasteiger partial charge in [-0.2, -0.15) is 4.39 Å². The van der Waals surface area contributed by atoms with Gasteiger partial charge in [0.25, 0.3) is 5.91 Å². The molecule has 0 spiro atoms. The van der Waals surface area contributed by atoms with E-state index in [4.69, 9.17) is 4.74 Å². The van der Waals surface area contributed by atoms with E-state index in [1.807, 2.05) is 0 Å². The molecule has 0 saturated heterocycles. The fraction of sp³-hybridized carbons (Fsp3) is 0.600. The highest BCUT2D eigenvalue weighted by Crippen LogP contribution is 2.20. The predicted molar refractivity (Wildman–Crippen MR) is 74.0 cm³/mol. The quantitative estimate of drug-likeness (QED) is 0.644. The van der Waals surface area contributed by atoms with Crippen molar-refractivity contribution in [1.29, 1.82) is 0 Å². The lowest BCUT2D eigenvalue weighted by molar-refractivity contribution is 0.0273. The maximum Gasteiger partial charge on any atom is 0.255 e. The summed E-state index contributed by atoms with van der Waals surface area (Å²) in [4.78, 5) is 15.2. The van der Waals surface area contributed by atoms with Crippen LogP contribution in [-0.2, 0) is 4.74 Å². The summed E-state index contributed by atoms with van der Waals surface area (Å²) < 4.78 is 19.0. The van der Waals surface area contributed by atoms with Gasteiger partial charge in [0, 0.05) is 19.3 Å². The summed E-state index contributed by atoms with van der Waals surface area (Å²) in [6.07, 6.45) is 8.56. The molecule has 1 aliphatic rings. The molecule has 20 heavy (non-hydrogen) atoms. The number of hydrogen-bond donors (Lipinski definition) is 1. The fourth-order valence-electron chi connectivity index (χ4n) is 2.41. The molecular weight excluding hydrogens is 259 g/mol. The van der Waals surface area contributed by atoms with Gasteiger partial charge >= 0.3 is 0 Å². The van der Waals surface area contributed by atoms with Gasteiger partial charge in [-0.15, -0.1) is 0 Å². The van der Waals surface area contributed by atoms with Gasteiger partial charge in [0.05, 0.1) is 11.7 Å². The Morgan fingerprint density at radius 2 is 2.20 bits per heavy atom. The van der Waals surface area contributed by atoms with Crippen molar-refractivity contribution < 1.29 is 13.9 Å². The lowest BCUT2D eigenvalue weighted by Crippen LogP contribution is -2.27. The number of amides is 1. The van der Waals surface area contributed by atoms with Crippen LogP contribution in [0.15, 0.2) is 18.3 Å². The smallest absolute Gasteiger partial charge is 0.255 e. The van der Waals surface area contributed by atoms with E-state index in [1.54, 1.807) is 6.07 Å². The predicted octanol–water partition coefficient (Wildman–Crippen LogP) is 2.69. The van der Waals surface area contributed by atoms with Crippen LogP contribution in [0.25, 0.3) is 0 Å². The highest BCUT2D eigenvalue weighted by molar-refractivity contribution is 5.94. The molecule has 0 aliphatic heterocycles. The molecule has 4 nitrogen and oxygen atoms in total. The average molecular weight is 280 g/mol. The largest absolute Gasteiger partial charge is 0.378 e. The lowest BCUT2D eigenvalue weighted by Gasteiger charge is -2.21. The Labute approximate surface area is 118 Å². The first-order valence-corrected chi connectivity index (χ1v) is 7.27. The number of halogens is 1. The Morgan fingerprint density at radius 3 is 2.95 bits per heavy atom. The normalized spacial score (nSPS) is 16.1. The molecule has 0 bridgehead atoms. The van der Waals surface area contributed by atoms with E-state index < -0.39 is 11.9 Å². The summed E-state index contributed by atoms with van der Waals surface area (Å²) in [5.41, 5.74) is -0.0132. The van der Waals surface area contributed by atoms with Crippen LogP contribution in [0.4, 0.5) is 4.39 Å². The lowest BCUT2D eigenvalue weighted by atomic mass is 9.98. The number of hydrogen-bond acceptors (Lipinski definition) is 3. The van der Waals surface area contributed by atoms with Crippen molar-refractivity contribution in [2.24, 2.45) is 0 Å². The van der Waals surface area contributed by atoms with Gasteiger partial charge in [0.15, 0.2) is 0 Å². The van der Waals surface area contributed by atoms with Gasteiger partial charge in [-0.1, -0.05) is 19.3 Å². The van der Waals surface area contributed by atoms with Crippen molar-refractivity contribution in [2.45, 2.75) is 44.6 Å². The van der Waals surface area contributed by atoms with Crippen LogP contribution in [0.5, 0.6) is 0 Å². The van der Waals surface area contributed by atoms with Crippen LogP contribution >= 0.6 is 0 Å². The third kappa shape index (κ3) is 4.56. The van der Waals surface area contributed by atoms with Crippen LogP contribution in [0.1, 0.15) is 48.9 Å². The SMILES string of the molecule is O=C(NCCCOC1CCCCC1)c1cccnc1F. The monoisotopic (exact) mass is 280 g/mol. The second-order valence-corrected chi connectivity index (χ2v) is 5.08. The Balaban J connectivity index is 1.61. The zero-order valence-electron chi connectivity index (χ0n) is 11.6. The highest BCUT2D eigenvalue weighted by Gasteiger charge is 2.14. The Hall–Kier alpha value is -1.49. The van der Waals surface area contributed by atoms with Crippen molar-refractivity contribution in [3.8, 4) is 0 Å². The van der Waals surface area contributed by atoms with Crippen molar-refractivity contribution in [2.75, 3.05) is 13.2 Å². The number of ether oxygens (including phenoxy) is 1. The number of nitrogens with zero attached hydrogens (tertiary/aromatic N) is 1. The summed E-state index contributed by atoms with van der Waals surface area (Å²) in [6.45, 7) is 1.13. The molecule has 0 radical (unpaired) electrons. The molecule has 1 N–H and O–H groups in total. The second kappa shape index (κ2) is 7.94. The summed E-state index contributed by atoms with van der Waals surface area (Å²) in [7, 11) is 0. The molecule has 1 heterocycles. The summed E-state index contributed by atoms with van der Waals surface area (Å²) in [5, 5.41) is 2.68. The zero-order chi connectivity index (χ0) is 14.2. The molecule has 1 saturated carbocycles. The third-order valence-electron chi connectivity index (χ3n) is 3.52. The number of rotatable bonds is 6. The molecular formula is C15H21FN2O2. The van der Waals surface area contributed by atoms with Crippen LogP contribution in [0.2, 0.25) is 0 Å². The van der Waals surface area contributed by atoms with Gasteiger partial charge in [0.2, 0.25) is 5.95 Å². The van der Waals surface area contributed by atoms with E-state index in [2.05, 4.69) is 10.3 Å². The molecule has 1 aromatic heterocycles. The molecule has 5 heteroatoms. The van der Waals surface area contributed by atoms with E-state index >= 15 is 0 Å². The van der Waals surface area contributed by atoms with Gasteiger partial charge in [-0.05, 0) is 31.4 Å². The number of carbonyl (C=O) groups is 1. The van der Waals surface area contributed by atoms with E-state index in [9.17, 15) is 9.18 Å². The Kier molecular flexibility index (Phi) is 5.92. The minimum Gasteiger partial charge on any atom is -0.378 e. The third-order valence-corrected chi connectivity index (χ3v) is 3.52. The number of aromatic nitrogens is 1. The van der Waals surface area contributed by atoms with Crippen molar-refractivity contribution in [3.05, 3.63) is 29.8 Å². The van der Waals surface area contributed by atoms with E-state index in [-0.39, 0.29) is 5.56 Å². The van der Waals surface area contributed by atoms with E-state index in [1.165, 1.54) is 31.5 Å². The first-order valence-electron chi connectivity index (χ1n) is 7.27. The topological polar surface area (TPSA) is 51.2 Å². The van der Waals surface area contributed by atoms with E-state index in [0.29, 0.717) is 19.3 Å². The molecule has 0 atom stereocenters. The minimum atomic E-state index is -0.733. The highest BCUT2D eigenvalue weighted by atomic mass is 19.1. The molecule has 2 rings (SSSR count). The first-order chi connectivity index (χ1) is 9.77. The summed E-state index contributed by atoms with van der Waals surface area (Å²) >= 11 is 0. The molecule has 110 valence electrons. The molecule has 0 unspecified atom stereocenters. The molecule has 1 aliphatic carbocycles. The molecule has 0 aromatic carbocycles. The Morgan fingerprint density at radius 1 is 1.40 bits per heavy atom. The van der Waals surface area contributed by atoms with Gasteiger partial charge in [0.1, 0.15) is 0 Å². The van der Waals surface area contributed by atoms with Crippen molar-refractivity contribution in [1.82, 2.24) is 10.3 Å². The first kappa shape index (κ1) is 14.9. The average Bonchev–Trinajstić information content (AvgIpc) is 2.48. The molecule has 1 aromatic rings. The standard InChI is InChI=1S/C15H21FN2O2/c16-14-13(8-4-9-17-14)15(19)18-10-5-11-20-12-6-2-1-3-7-12/h4,8-9,12H,1-3,5-7,10-11H2,(H,18,19). The maximum absolute atomic E-state index is 13.3. The summed E-state index contributed by atoms with van der Waals surface area (Å²) in [6, 6.07) is 2.97. The maximum atomic E-state index is 13.3. The van der Waals surface area contributed by atoms with Crippen LogP contribution in [0.3, 0.4) is 0 Å². The summed E-state index contributed by atoms with van der Waals surface area (Å²) in [5.74, 6) is -1.16. The van der Waals surface area contributed by atoms with Crippen molar-refractivity contribution >= 4 is 5.91 Å². The van der Waals surface area contributed by atoms with Crippen LogP contribution < -0.4 is 5.32 Å². The zero-order valence-corrected chi connectivity index (χ0v) is 11.6. The van der Waals surface area contributed by atoms with E-state index in [0.717, 1.165) is 19.3 Å². The van der Waals surface area contributed by atoms with Gasteiger partial charge in [-0.3, -0.25) is 4.79 Å². The number of nitrogens with one attached hydrogen (secondary N) is 1. The van der Waals surface area contributed by atoms with Crippen LogP contribution in [-0.4, -0.2) is 30.1 Å². The second-order valence-electron chi connectivity index (χ2n) is 5.08. The number of pyridine rings is 1. The van der Waals surface area contributed by atoms with Crippen LogP contribution in [0, 0.1) is 5.95 Å². The molecule has 1 amide bonds. The fourth-order valence-corrected chi connectivity index (χ4v) is 2.41. The Bertz CT molecular complexity index is 434. The van der Waals surface area contributed by atoms with Gasteiger partial charge in [-0.25, -0.2) is 4.98 Å². The minimum absolute atomic E-state index is 0.0132. The molecule has 1 fully saturated rings. The van der Waals surface area contributed by atoms with Crippen molar-refractivity contribution in [3.63, 3.8) is 0 Å².